The Hall–Kier alpha value is -1.07. The predicted octanol–water partition coefficient (Wildman–Crippen LogP) is -1.52. The molecule has 1 saturated heterocycles. The smallest absolute Gasteiger partial charge is 0.265 e. The van der Waals surface area contributed by atoms with Gasteiger partial charge in [-0.1, -0.05) is 22.0 Å². The Labute approximate surface area is 134 Å². The first-order chi connectivity index (χ1) is 10.4. The summed E-state index contributed by atoms with van der Waals surface area (Å²) >= 11 is 3.25. The van der Waals surface area contributed by atoms with E-state index in [1.165, 1.54) is 0 Å². The molecule has 0 spiro atoms. The van der Waals surface area contributed by atoms with Gasteiger partial charge in [0.2, 0.25) is 0 Å². The number of carbonyl (C=O) groups excluding carboxylic acids is 1. The summed E-state index contributed by atoms with van der Waals surface area (Å²) in [7, 11) is 0. The molecule has 1 heterocycles. The molecule has 0 bridgehead atoms. The van der Waals surface area contributed by atoms with Crippen molar-refractivity contribution in [2.75, 3.05) is 6.61 Å². The van der Waals surface area contributed by atoms with Crippen molar-refractivity contribution in [2.24, 2.45) is 0 Å². The monoisotopic (exact) mass is 376 g/mol. The van der Waals surface area contributed by atoms with E-state index in [2.05, 4.69) is 26.8 Å². The minimum absolute atomic E-state index is 0.367. The highest BCUT2D eigenvalue weighted by Gasteiger charge is 2.43. The Morgan fingerprint density at radius 3 is 2.59 bits per heavy atom. The summed E-state index contributed by atoms with van der Waals surface area (Å²) in [5.41, 5.74) is 5.14. The van der Waals surface area contributed by atoms with Gasteiger partial charge in [0, 0.05) is 10.0 Å². The van der Waals surface area contributed by atoms with E-state index in [9.17, 15) is 20.1 Å². The molecule has 122 valence electrons. The predicted molar refractivity (Wildman–Crippen MR) is 78.5 cm³/mol. The van der Waals surface area contributed by atoms with Crippen LogP contribution < -0.4 is 10.9 Å². The molecule has 0 radical (unpaired) electrons. The number of rotatable bonds is 4. The number of aliphatic hydroxyl groups excluding tert-OH is 4. The van der Waals surface area contributed by atoms with E-state index in [1.54, 1.807) is 24.3 Å². The average molecular weight is 377 g/mol. The first kappa shape index (κ1) is 17.3. The van der Waals surface area contributed by atoms with Gasteiger partial charge >= 0.3 is 0 Å². The number of ether oxygens (including phenoxy) is 1. The van der Waals surface area contributed by atoms with Crippen LogP contribution in [-0.4, -0.2) is 63.6 Å². The number of amides is 1. The van der Waals surface area contributed by atoms with E-state index in [0.717, 1.165) is 4.47 Å². The lowest BCUT2D eigenvalue weighted by Crippen LogP contribution is -2.64. The van der Waals surface area contributed by atoms with Crippen LogP contribution in [0.4, 0.5) is 0 Å². The number of nitrogens with one attached hydrogen (secondary N) is 2. The lowest BCUT2D eigenvalue weighted by atomic mass is 9.99. The average Bonchev–Trinajstić information content (AvgIpc) is 2.51. The van der Waals surface area contributed by atoms with E-state index in [-0.39, 0.29) is 0 Å². The first-order valence-electron chi connectivity index (χ1n) is 6.56. The van der Waals surface area contributed by atoms with Gasteiger partial charge in [0.05, 0.1) is 6.61 Å². The molecule has 9 heteroatoms. The molecule has 5 atom stereocenters. The fourth-order valence-electron chi connectivity index (χ4n) is 2.06. The summed E-state index contributed by atoms with van der Waals surface area (Å²) < 4.78 is 5.93. The van der Waals surface area contributed by atoms with Crippen molar-refractivity contribution in [2.45, 2.75) is 30.6 Å². The van der Waals surface area contributed by atoms with Crippen LogP contribution in [0.2, 0.25) is 0 Å². The molecule has 1 fully saturated rings. The van der Waals surface area contributed by atoms with Crippen molar-refractivity contribution in [3.63, 3.8) is 0 Å². The maximum Gasteiger partial charge on any atom is 0.265 e. The molecule has 2 rings (SSSR count). The molecule has 1 aromatic carbocycles. The van der Waals surface area contributed by atoms with Gasteiger partial charge in [0.1, 0.15) is 24.4 Å². The molecule has 0 saturated carbocycles. The third-order valence-corrected chi connectivity index (χ3v) is 3.80. The highest BCUT2D eigenvalue weighted by atomic mass is 79.9. The van der Waals surface area contributed by atoms with Gasteiger partial charge in [-0.05, 0) is 18.2 Å². The highest BCUT2D eigenvalue weighted by Crippen LogP contribution is 2.19. The van der Waals surface area contributed by atoms with E-state index < -0.39 is 43.2 Å². The van der Waals surface area contributed by atoms with Crippen LogP contribution in [0.5, 0.6) is 0 Å². The number of aliphatic hydroxyl groups is 4. The quantitative estimate of drug-likeness (QED) is 0.352. The molecule has 6 N–H and O–H groups in total. The summed E-state index contributed by atoms with van der Waals surface area (Å²) in [5.74, 6) is -0.474. The van der Waals surface area contributed by atoms with Crippen LogP contribution >= 0.6 is 15.9 Å². The van der Waals surface area contributed by atoms with Gasteiger partial charge in [-0.15, -0.1) is 0 Å². The SMILES string of the molecule is O=C(NN[C@@H]1O[C@H](CO)[C@H](O)[C@@H](O)[C@@H]1O)c1cccc(Br)c1. The molecule has 22 heavy (non-hydrogen) atoms. The third kappa shape index (κ3) is 3.82. The van der Waals surface area contributed by atoms with Gasteiger partial charge < -0.3 is 25.2 Å². The van der Waals surface area contributed by atoms with E-state index >= 15 is 0 Å². The maximum absolute atomic E-state index is 12.0. The molecular formula is C13H17BrN2O6. The summed E-state index contributed by atoms with van der Waals surface area (Å²) in [5, 5.41) is 38.2. The summed E-state index contributed by atoms with van der Waals surface area (Å²) in [6, 6.07) is 6.65. The van der Waals surface area contributed by atoms with Crippen molar-refractivity contribution in [3.8, 4) is 0 Å². The number of hydrogen-bond acceptors (Lipinski definition) is 7. The Morgan fingerprint density at radius 2 is 1.95 bits per heavy atom. The highest BCUT2D eigenvalue weighted by molar-refractivity contribution is 9.10. The van der Waals surface area contributed by atoms with E-state index in [1.807, 2.05) is 0 Å². The maximum atomic E-state index is 12.0. The molecule has 0 unspecified atom stereocenters. The lowest BCUT2D eigenvalue weighted by molar-refractivity contribution is -0.238. The van der Waals surface area contributed by atoms with Crippen LogP contribution in [0.15, 0.2) is 28.7 Å². The van der Waals surface area contributed by atoms with Crippen LogP contribution in [0.3, 0.4) is 0 Å². The van der Waals surface area contributed by atoms with E-state index in [0.29, 0.717) is 5.56 Å². The second-order valence-electron chi connectivity index (χ2n) is 4.86. The Balaban J connectivity index is 1.97. The molecule has 1 amide bonds. The van der Waals surface area contributed by atoms with Gasteiger partial charge in [0.25, 0.3) is 5.91 Å². The normalized spacial score (nSPS) is 31.8. The number of halogens is 1. The van der Waals surface area contributed by atoms with Crippen LogP contribution in [0.1, 0.15) is 10.4 Å². The molecular weight excluding hydrogens is 360 g/mol. The zero-order chi connectivity index (χ0) is 16.3. The summed E-state index contributed by atoms with van der Waals surface area (Å²) in [6.45, 7) is -0.539. The summed E-state index contributed by atoms with van der Waals surface area (Å²) in [4.78, 5) is 12.0. The minimum Gasteiger partial charge on any atom is -0.394 e. The van der Waals surface area contributed by atoms with Crippen LogP contribution in [0.25, 0.3) is 0 Å². The van der Waals surface area contributed by atoms with Crippen molar-refractivity contribution in [3.05, 3.63) is 34.3 Å². The minimum atomic E-state index is -1.51. The molecule has 8 nitrogen and oxygen atoms in total. The second-order valence-corrected chi connectivity index (χ2v) is 5.77. The summed E-state index contributed by atoms with van der Waals surface area (Å²) in [6.07, 6.45) is -6.64. The fraction of sp³-hybridized carbons (Fsp3) is 0.462. The molecule has 0 aliphatic carbocycles. The Bertz CT molecular complexity index is 529. The standard InChI is InChI=1S/C13H17BrN2O6/c14-7-3-1-2-6(4-7)12(21)15-16-13-11(20)10(19)9(18)8(5-17)22-13/h1-4,8-11,13,16-20H,5H2,(H,15,21)/t8-,9+,10-,11+,13-/m1/s1. The number of carbonyl (C=O) groups is 1. The molecule has 1 aromatic rings. The topological polar surface area (TPSA) is 131 Å². The molecule has 1 aliphatic rings. The van der Waals surface area contributed by atoms with Crippen molar-refractivity contribution in [1.29, 1.82) is 0 Å². The molecule has 0 aromatic heterocycles. The van der Waals surface area contributed by atoms with E-state index in [4.69, 9.17) is 9.84 Å². The van der Waals surface area contributed by atoms with Gasteiger partial charge in [-0.25, -0.2) is 5.43 Å². The van der Waals surface area contributed by atoms with Crippen molar-refractivity contribution < 1.29 is 30.0 Å². The zero-order valence-corrected chi connectivity index (χ0v) is 13.0. The van der Waals surface area contributed by atoms with Crippen LogP contribution in [-0.2, 0) is 4.74 Å². The number of benzene rings is 1. The first-order valence-corrected chi connectivity index (χ1v) is 7.35. The lowest BCUT2D eigenvalue weighted by Gasteiger charge is -2.40. The third-order valence-electron chi connectivity index (χ3n) is 3.31. The number of hydrogen-bond donors (Lipinski definition) is 6. The van der Waals surface area contributed by atoms with Gasteiger partial charge in [0.15, 0.2) is 6.23 Å². The van der Waals surface area contributed by atoms with Gasteiger partial charge in [-0.3, -0.25) is 10.2 Å². The Morgan fingerprint density at radius 1 is 1.23 bits per heavy atom. The van der Waals surface area contributed by atoms with Gasteiger partial charge in [-0.2, -0.15) is 0 Å². The van der Waals surface area contributed by atoms with Crippen LogP contribution in [0, 0.1) is 0 Å². The largest absolute Gasteiger partial charge is 0.394 e. The fourth-order valence-corrected chi connectivity index (χ4v) is 2.46. The van der Waals surface area contributed by atoms with Crippen molar-refractivity contribution in [1.82, 2.24) is 10.9 Å². The van der Waals surface area contributed by atoms with Crippen molar-refractivity contribution >= 4 is 21.8 Å². The zero-order valence-electron chi connectivity index (χ0n) is 11.4. The molecule has 1 aliphatic heterocycles. The Kier molecular flexibility index (Phi) is 5.87. The number of hydrazine groups is 1. The second kappa shape index (κ2) is 7.47.